The first-order valence-corrected chi connectivity index (χ1v) is 14.9. The van der Waals surface area contributed by atoms with Crippen molar-refractivity contribution in [3.8, 4) is 0 Å². The summed E-state index contributed by atoms with van der Waals surface area (Å²) in [4.78, 5) is 50.1. The number of fused-ring (bicyclic) bond motifs is 2. The summed E-state index contributed by atoms with van der Waals surface area (Å²) in [6, 6.07) is 11.8. The van der Waals surface area contributed by atoms with Crippen molar-refractivity contribution >= 4 is 34.2 Å². The maximum absolute atomic E-state index is 13.3. The Bertz CT molecular complexity index is 1750. The lowest BCUT2D eigenvalue weighted by molar-refractivity contribution is -0.137. The molecule has 2 amide bonds. The van der Waals surface area contributed by atoms with E-state index in [9.17, 15) is 14.4 Å². The second-order valence-corrected chi connectivity index (χ2v) is 12.1. The normalized spacial score (nSPS) is 15.0. The number of pyridine rings is 2. The first kappa shape index (κ1) is 30.2. The van der Waals surface area contributed by atoms with Crippen molar-refractivity contribution in [1.29, 1.82) is 0 Å². The number of aromatic nitrogens is 2. The van der Waals surface area contributed by atoms with Gasteiger partial charge < -0.3 is 18.8 Å². The smallest absolute Gasteiger partial charge is 0.261 e. The molecule has 0 fully saturated rings. The van der Waals surface area contributed by atoms with Gasteiger partial charge in [-0.2, -0.15) is 0 Å². The zero-order valence-electron chi connectivity index (χ0n) is 26.2. The first-order chi connectivity index (χ1) is 20.4. The molecule has 0 unspecified atom stereocenters. The van der Waals surface area contributed by atoms with Gasteiger partial charge in [0.05, 0.1) is 22.5 Å². The van der Waals surface area contributed by atoms with Crippen LogP contribution in [0.25, 0.3) is 11.0 Å². The first-order valence-electron chi connectivity index (χ1n) is 14.9. The maximum atomic E-state index is 13.3. The minimum absolute atomic E-state index is 0.0529. The summed E-state index contributed by atoms with van der Waals surface area (Å²) in [5.41, 5.74) is 5.05. The van der Waals surface area contributed by atoms with Gasteiger partial charge in [-0.25, -0.2) is 0 Å². The van der Waals surface area contributed by atoms with Crippen molar-refractivity contribution in [3.63, 3.8) is 0 Å². The number of hydrogen-bond acceptors (Lipinski definition) is 6. The van der Waals surface area contributed by atoms with Gasteiger partial charge in [0.25, 0.3) is 5.56 Å². The molecule has 0 radical (unpaired) electrons. The maximum Gasteiger partial charge on any atom is 0.261 e. The number of nitrogens with zero attached hydrogens (tertiary/aromatic N) is 5. The third-order valence-corrected chi connectivity index (χ3v) is 8.55. The van der Waals surface area contributed by atoms with E-state index in [1.165, 1.54) is 0 Å². The van der Waals surface area contributed by atoms with Gasteiger partial charge in [0.15, 0.2) is 0 Å². The van der Waals surface area contributed by atoms with E-state index in [0.29, 0.717) is 37.1 Å². The van der Waals surface area contributed by atoms with Gasteiger partial charge in [0, 0.05) is 57.7 Å². The van der Waals surface area contributed by atoms with Gasteiger partial charge in [0.2, 0.25) is 11.8 Å². The molecule has 1 aromatic carbocycles. The van der Waals surface area contributed by atoms with Crippen molar-refractivity contribution in [2.75, 3.05) is 36.5 Å². The molecule has 1 aliphatic heterocycles. The summed E-state index contributed by atoms with van der Waals surface area (Å²) >= 11 is 0. The lowest BCUT2D eigenvalue weighted by Gasteiger charge is -2.27. The van der Waals surface area contributed by atoms with E-state index in [-0.39, 0.29) is 17.4 Å². The van der Waals surface area contributed by atoms with Crippen LogP contribution in [0.3, 0.4) is 0 Å². The number of furan rings is 1. The highest BCUT2D eigenvalue weighted by Crippen LogP contribution is 2.38. The Kier molecular flexibility index (Phi) is 8.29. The molecule has 5 rings (SSSR count). The van der Waals surface area contributed by atoms with Gasteiger partial charge in [-0.1, -0.05) is 12.1 Å². The second kappa shape index (κ2) is 11.8. The number of anilines is 2. The van der Waals surface area contributed by atoms with Crippen LogP contribution in [0, 0.1) is 26.2 Å². The molecule has 0 saturated carbocycles. The number of rotatable bonds is 9. The fraction of sp³-hybridized carbons (Fsp3) is 0.412. The second-order valence-electron chi connectivity index (χ2n) is 12.1. The minimum atomic E-state index is -1.14. The lowest BCUT2D eigenvalue weighted by Crippen LogP contribution is -2.47. The van der Waals surface area contributed by atoms with Crippen molar-refractivity contribution in [1.82, 2.24) is 14.5 Å². The Hall–Kier alpha value is -4.24. The SMILES string of the molecule is CCN1C(=O)C(C)(C)C(=O)N(C)c2cc(CCN(CCn3cc(C)c4oc(C)cc4c3=O)Cc3ncccc3C)ccc21. The summed E-state index contributed by atoms with van der Waals surface area (Å²) < 4.78 is 7.52. The molecule has 0 aliphatic carbocycles. The number of carbonyl (C=O) groups excluding carboxylic acids is 2. The molecule has 9 heteroatoms. The summed E-state index contributed by atoms with van der Waals surface area (Å²) in [5, 5.41) is 0.607. The van der Waals surface area contributed by atoms with Crippen LogP contribution in [0.5, 0.6) is 0 Å². The van der Waals surface area contributed by atoms with Crippen LogP contribution in [0.15, 0.2) is 58.0 Å². The Morgan fingerprint density at radius 2 is 1.72 bits per heavy atom. The van der Waals surface area contributed by atoms with E-state index in [4.69, 9.17) is 4.42 Å². The Labute approximate surface area is 252 Å². The Balaban J connectivity index is 1.40. The molecular formula is C34H41N5O4. The predicted octanol–water partition coefficient (Wildman–Crippen LogP) is 5.02. The number of benzene rings is 1. The standard InChI is InChI=1S/C34H41N5O4/c1-8-39-28-12-11-25(19-29(28)36(7)32(41)34(5,6)33(39)42)13-15-37(21-27-22(2)10-9-14-35-27)16-17-38-20-23(3)30-26(31(38)40)18-24(4)43-30/h9-12,14,18-20H,8,13,15-17,21H2,1-7H3. The molecule has 1 aliphatic rings. The van der Waals surface area contributed by atoms with Gasteiger partial charge in [0.1, 0.15) is 16.8 Å². The van der Waals surface area contributed by atoms with Gasteiger partial charge >= 0.3 is 0 Å². The molecule has 3 aromatic heterocycles. The van der Waals surface area contributed by atoms with Gasteiger partial charge in [-0.3, -0.25) is 24.3 Å². The fourth-order valence-electron chi connectivity index (χ4n) is 5.94. The Morgan fingerprint density at radius 1 is 0.953 bits per heavy atom. The topological polar surface area (TPSA) is 91.9 Å². The van der Waals surface area contributed by atoms with Gasteiger partial charge in [-0.05, 0) is 83.4 Å². The van der Waals surface area contributed by atoms with Crippen LogP contribution in [0.2, 0.25) is 0 Å². The highest BCUT2D eigenvalue weighted by Gasteiger charge is 2.45. The van der Waals surface area contributed by atoms with Crippen LogP contribution >= 0.6 is 0 Å². The molecule has 226 valence electrons. The van der Waals surface area contributed by atoms with Crippen molar-refractivity contribution in [2.45, 2.75) is 61.1 Å². The number of amides is 2. The minimum Gasteiger partial charge on any atom is -0.461 e. The quantitative estimate of drug-likeness (QED) is 0.257. The van der Waals surface area contributed by atoms with Crippen molar-refractivity contribution in [3.05, 3.63) is 87.3 Å². The van der Waals surface area contributed by atoms with Crippen molar-refractivity contribution in [2.24, 2.45) is 5.41 Å². The number of carbonyl (C=O) groups is 2. The van der Waals surface area contributed by atoms with Crippen LogP contribution in [-0.4, -0.2) is 52.9 Å². The molecule has 0 bridgehead atoms. The molecule has 4 aromatic rings. The van der Waals surface area contributed by atoms with Crippen molar-refractivity contribution < 1.29 is 14.0 Å². The zero-order valence-corrected chi connectivity index (χ0v) is 26.2. The molecule has 43 heavy (non-hydrogen) atoms. The van der Waals surface area contributed by atoms with E-state index in [1.807, 2.05) is 63.5 Å². The van der Waals surface area contributed by atoms with Crippen LogP contribution in [-0.2, 0) is 29.1 Å². The summed E-state index contributed by atoms with van der Waals surface area (Å²) in [6.07, 6.45) is 4.41. The third kappa shape index (κ3) is 5.73. The fourth-order valence-corrected chi connectivity index (χ4v) is 5.94. The molecule has 9 nitrogen and oxygen atoms in total. The molecular weight excluding hydrogens is 542 g/mol. The highest BCUT2D eigenvalue weighted by atomic mass is 16.3. The van der Waals surface area contributed by atoms with Crippen LogP contribution in [0.4, 0.5) is 11.4 Å². The van der Waals surface area contributed by atoms with E-state index < -0.39 is 5.41 Å². The molecule has 0 spiro atoms. The highest BCUT2D eigenvalue weighted by molar-refractivity contribution is 6.19. The summed E-state index contributed by atoms with van der Waals surface area (Å²) in [5.74, 6) is 0.317. The predicted molar refractivity (Wildman–Crippen MR) is 170 cm³/mol. The molecule has 4 heterocycles. The average molecular weight is 584 g/mol. The number of aryl methyl sites for hydroxylation is 3. The van der Waals surface area contributed by atoms with E-state index in [1.54, 1.807) is 35.3 Å². The third-order valence-electron chi connectivity index (χ3n) is 8.55. The lowest BCUT2D eigenvalue weighted by atomic mass is 9.90. The van der Waals surface area contributed by atoms with E-state index >= 15 is 0 Å². The average Bonchev–Trinajstić information content (AvgIpc) is 3.38. The van der Waals surface area contributed by atoms with E-state index in [2.05, 4.69) is 22.9 Å². The van der Waals surface area contributed by atoms with E-state index in [0.717, 1.165) is 52.5 Å². The van der Waals surface area contributed by atoms with Gasteiger partial charge in [-0.15, -0.1) is 0 Å². The molecule has 0 saturated heterocycles. The largest absolute Gasteiger partial charge is 0.461 e. The monoisotopic (exact) mass is 583 g/mol. The summed E-state index contributed by atoms with van der Waals surface area (Å²) in [6.45, 7) is 14.2. The molecule has 0 atom stereocenters. The molecule has 0 N–H and O–H groups in total. The number of hydrogen-bond donors (Lipinski definition) is 0. The Morgan fingerprint density at radius 3 is 2.44 bits per heavy atom. The summed E-state index contributed by atoms with van der Waals surface area (Å²) in [7, 11) is 1.74. The van der Waals surface area contributed by atoms with Crippen LogP contribution < -0.4 is 15.4 Å². The van der Waals surface area contributed by atoms with Crippen LogP contribution in [0.1, 0.15) is 48.9 Å². The zero-order chi connectivity index (χ0) is 31.1.